The molecule has 0 unspecified atom stereocenters. The number of nitrogens with one attached hydrogen (secondary N) is 3. The fraction of sp³-hybridized carbons (Fsp3) is 0.185. The molecule has 37 heavy (non-hydrogen) atoms. The molecule has 0 aliphatic carbocycles. The minimum absolute atomic E-state index is 0.207. The van der Waals surface area contributed by atoms with Crippen LogP contribution in [0.5, 0.6) is 11.5 Å². The smallest absolute Gasteiger partial charge is 0.262 e. The minimum atomic E-state index is -3.78. The summed E-state index contributed by atoms with van der Waals surface area (Å²) in [7, 11) is -0.593. The van der Waals surface area contributed by atoms with Crippen LogP contribution in [0.25, 0.3) is 0 Å². The average molecular weight is 520 g/mol. The van der Waals surface area contributed by atoms with Crippen LogP contribution in [0.15, 0.2) is 71.6 Å². The summed E-state index contributed by atoms with van der Waals surface area (Å²) >= 11 is 0. The lowest BCUT2D eigenvalue weighted by atomic mass is 10.1. The van der Waals surface area contributed by atoms with Crippen LogP contribution in [0.4, 0.5) is 28.8 Å². The molecule has 0 spiro atoms. The number of sulfonamides is 1. The minimum Gasteiger partial charge on any atom is -0.497 e. The first-order chi connectivity index (χ1) is 17.7. The molecule has 0 saturated carbocycles. The van der Waals surface area contributed by atoms with Crippen LogP contribution in [-0.2, 0) is 10.0 Å². The predicted molar refractivity (Wildman–Crippen MR) is 146 cm³/mol. The van der Waals surface area contributed by atoms with Gasteiger partial charge in [-0.05, 0) is 92.6 Å². The van der Waals surface area contributed by atoms with Crippen molar-refractivity contribution in [2.24, 2.45) is 0 Å². The van der Waals surface area contributed by atoms with Gasteiger partial charge >= 0.3 is 0 Å². The highest BCUT2D eigenvalue weighted by atomic mass is 32.2. The molecular formula is C27H29N5O4S. The van der Waals surface area contributed by atoms with Gasteiger partial charge in [0.2, 0.25) is 5.95 Å². The van der Waals surface area contributed by atoms with Gasteiger partial charge in [0.05, 0.1) is 19.1 Å². The standard InChI is InChI=1S/C27H29N5O4S/c1-17-15-25(18(2)14-24(17)36-5)37(33,34)32-22-8-6-21(7-9-22)30-27-28-19(3)16-26(31-27)29-20-10-12-23(35-4)13-11-20/h6-16,32H,1-5H3,(H2,28,29,30,31). The van der Waals surface area contributed by atoms with Gasteiger partial charge in [-0.2, -0.15) is 4.98 Å². The lowest BCUT2D eigenvalue weighted by molar-refractivity contribution is 0.411. The van der Waals surface area contributed by atoms with Gasteiger partial charge in [-0.3, -0.25) is 4.72 Å². The Bertz CT molecular complexity index is 1510. The van der Waals surface area contributed by atoms with Crippen molar-refractivity contribution < 1.29 is 17.9 Å². The lowest BCUT2D eigenvalue weighted by Gasteiger charge is -2.14. The van der Waals surface area contributed by atoms with E-state index in [0.717, 1.165) is 22.7 Å². The molecule has 0 fully saturated rings. The number of aryl methyl sites for hydroxylation is 3. The molecule has 1 heterocycles. The first-order valence-corrected chi connectivity index (χ1v) is 13.0. The summed E-state index contributed by atoms with van der Waals surface area (Å²) in [4.78, 5) is 9.19. The molecule has 0 radical (unpaired) electrons. The number of nitrogens with zero attached hydrogens (tertiary/aromatic N) is 2. The quantitative estimate of drug-likeness (QED) is 0.258. The molecule has 4 rings (SSSR count). The highest BCUT2D eigenvalue weighted by molar-refractivity contribution is 7.92. The van der Waals surface area contributed by atoms with Crippen LogP contribution in [-0.4, -0.2) is 32.6 Å². The number of hydrogen-bond donors (Lipinski definition) is 3. The summed E-state index contributed by atoms with van der Waals surface area (Å²) in [6.07, 6.45) is 0. The number of anilines is 5. The SMILES string of the molecule is COc1ccc(Nc2cc(C)nc(Nc3ccc(NS(=O)(=O)c4cc(C)c(OC)cc4C)cc3)n2)cc1. The first kappa shape index (κ1) is 25.8. The van der Waals surface area contributed by atoms with Gasteiger partial charge < -0.3 is 20.1 Å². The molecule has 3 N–H and O–H groups in total. The van der Waals surface area contributed by atoms with Crippen LogP contribution in [0.3, 0.4) is 0 Å². The monoisotopic (exact) mass is 519 g/mol. The largest absolute Gasteiger partial charge is 0.497 e. The Hall–Kier alpha value is -4.31. The number of benzene rings is 3. The van der Waals surface area contributed by atoms with Gasteiger partial charge in [0.1, 0.15) is 17.3 Å². The summed E-state index contributed by atoms with van der Waals surface area (Å²) in [5, 5.41) is 6.42. The molecule has 1 aromatic heterocycles. The molecule has 3 aromatic carbocycles. The van der Waals surface area contributed by atoms with E-state index in [-0.39, 0.29) is 4.90 Å². The number of ether oxygens (including phenoxy) is 2. The second kappa shape index (κ2) is 10.8. The number of aromatic nitrogens is 2. The van der Waals surface area contributed by atoms with Gasteiger partial charge in [-0.25, -0.2) is 13.4 Å². The molecule has 4 aromatic rings. The third kappa shape index (κ3) is 6.28. The molecule has 9 nitrogen and oxygen atoms in total. The van der Waals surface area contributed by atoms with E-state index in [1.807, 2.05) is 44.2 Å². The van der Waals surface area contributed by atoms with Gasteiger partial charge in [0.15, 0.2) is 0 Å². The van der Waals surface area contributed by atoms with E-state index in [2.05, 4.69) is 25.3 Å². The second-order valence-electron chi connectivity index (χ2n) is 8.47. The van der Waals surface area contributed by atoms with Crippen molar-refractivity contribution in [1.29, 1.82) is 0 Å². The zero-order valence-electron chi connectivity index (χ0n) is 21.3. The van der Waals surface area contributed by atoms with Crippen molar-refractivity contribution in [3.63, 3.8) is 0 Å². The molecule has 0 aliphatic rings. The third-order valence-corrected chi connectivity index (χ3v) is 7.12. The number of hydrogen-bond acceptors (Lipinski definition) is 8. The van der Waals surface area contributed by atoms with E-state index >= 15 is 0 Å². The normalized spacial score (nSPS) is 11.1. The Kier molecular flexibility index (Phi) is 7.49. The van der Waals surface area contributed by atoms with Crippen LogP contribution in [0, 0.1) is 20.8 Å². The number of rotatable bonds is 9. The van der Waals surface area contributed by atoms with Crippen molar-refractivity contribution in [3.8, 4) is 11.5 Å². The van der Waals surface area contributed by atoms with Gasteiger partial charge in [0.25, 0.3) is 10.0 Å². The van der Waals surface area contributed by atoms with Crippen molar-refractivity contribution in [2.45, 2.75) is 25.7 Å². The van der Waals surface area contributed by atoms with E-state index in [9.17, 15) is 8.42 Å². The van der Waals surface area contributed by atoms with Gasteiger partial charge in [-0.15, -0.1) is 0 Å². The van der Waals surface area contributed by atoms with Gasteiger partial charge in [0, 0.05) is 28.8 Å². The fourth-order valence-corrected chi connectivity index (χ4v) is 5.12. The zero-order valence-corrected chi connectivity index (χ0v) is 22.1. The number of methoxy groups -OCH3 is 2. The summed E-state index contributed by atoms with van der Waals surface area (Å²) in [6.45, 7) is 5.43. The molecule has 0 bridgehead atoms. The van der Waals surface area contributed by atoms with Crippen molar-refractivity contribution >= 4 is 38.9 Å². The molecule has 10 heteroatoms. The van der Waals surface area contributed by atoms with E-state index in [1.165, 1.54) is 0 Å². The summed E-state index contributed by atoms with van der Waals surface area (Å²) in [5.74, 6) is 2.46. The topological polar surface area (TPSA) is 114 Å². The van der Waals surface area contributed by atoms with Crippen LogP contribution in [0.2, 0.25) is 0 Å². The highest BCUT2D eigenvalue weighted by Gasteiger charge is 2.19. The molecule has 0 amide bonds. The molecular weight excluding hydrogens is 490 g/mol. The van der Waals surface area contributed by atoms with Crippen molar-refractivity contribution in [3.05, 3.63) is 83.6 Å². The van der Waals surface area contributed by atoms with E-state index in [4.69, 9.17) is 9.47 Å². The van der Waals surface area contributed by atoms with Gasteiger partial charge in [-0.1, -0.05) is 0 Å². The lowest BCUT2D eigenvalue weighted by Crippen LogP contribution is -2.14. The predicted octanol–water partition coefficient (Wildman–Crippen LogP) is 5.71. The average Bonchev–Trinajstić information content (AvgIpc) is 2.86. The Morgan fingerprint density at radius 1 is 0.703 bits per heavy atom. The van der Waals surface area contributed by atoms with Crippen molar-refractivity contribution in [1.82, 2.24) is 9.97 Å². The van der Waals surface area contributed by atoms with E-state index < -0.39 is 10.0 Å². The van der Waals surface area contributed by atoms with Crippen LogP contribution in [0.1, 0.15) is 16.8 Å². The molecule has 192 valence electrons. The Morgan fingerprint density at radius 3 is 1.97 bits per heavy atom. The summed E-state index contributed by atoms with van der Waals surface area (Å²) in [5.41, 5.74) is 4.13. The maximum absolute atomic E-state index is 13.0. The van der Waals surface area contributed by atoms with E-state index in [0.29, 0.717) is 34.5 Å². The van der Waals surface area contributed by atoms with Crippen LogP contribution < -0.4 is 24.8 Å². The highest BCUT2D eigenvalue weighted by Crippen LogP contribution is 2.28. The fourth-order valence-electron chi connectivity index (χ4n) is 3.74. The molecule has 0 aliphatic heterocycles. The Balaban J connectivity index is 1.47. The Morgan fingerprint density at radius 2 is 1.32 bits per heavy atom. The summed E-state index contributed by atoms with van der Waals surface area (Å²) in [6, 6.07) is 19.6. The van der Waals surface area contributed by atoms with E-state index in [1.54, 1.807) is 57.5 Å². The van der Waals surface area contributed by atoms with Crippen LogP contribution >= 0.6 is 0 Å². The maximum atomic E-state index is 13.0. The third-order valence-electron chi connectivity index (χ3n) is 5.59. The molecule has 0 atom stereocenters. The first-order valence-electron chi connectivity index (χ1n) is 11.5. The molecule has 0 saturated heterocycles. The second-order valence-corrected chi connectivity index (χ2v) is 10.1. The zero-order chi connectivity index (χ0) is 26.6. The Labute approximate surface area is 217 Å². The maximum Gasteiger partial charge on any atom is 0.262 e. The van der Waals surface area contributed by atoms with Crippen molar-refractivity contribution in [2.75, 3.05) is 29.6 Å². The summed E-state index contributed by atoms with van der Waals surface area (Å²) < 4.78 is 39.1.